The average Bonchev–Trinajstić information content (AvgIpc) is 1.00. The molecule has 0 aliphatic carbocycles. The Bertz CT molecular complexity index is 6.00. The van der Waals surface area contributed by atoms with Crippen LogP contribution in [0.5, 0.6) is 0 Å². The Morgan fingerprint density at radius 2 is 1.25 bits per heavy atom. The molecular formula is H4BaGeO2. The van der Waals surface area contributed by atoms with E-state index in [0.29, 0.717) is 0 Å². The third-order valence-corrected chi connectivity index (χ3v) is 0. The standard InChI is InChI=1S/Ba.GeH2O.H2O.H/c;1-2;;/h;1H2;1H2;/q+1;;;/p-1. The third-order valence-electron chi connectivity index (χ3n) is 0. The van der Waals surface area contributed by atoms with Gasteiger partial charge in [-0.3, -0.25) is 0 Å². The molecule has 0 aliphatic rings. The summed E-state index contributed by atoms with van der Waals surface area (Å²) in [6.07, 6.45) is 0. The van der Waals surface area contributed by atoms with Crippen molar-refractivity contribution in [3.05, 3.63) is 0 Å². The van der Waals surface area contributed by atoms with Crippen LogP contribution in [-0.2, 0) is 3.78 Å². The first-order valence-corrected chi connectivity index (χ1v) is 1.50. The quantitative estimate of drug-likeness (QED) is 0.470. The van der Waals surface area contributed by atoms with E-state index in [-0.39, 0.29) is 70.8 Å². The fourth-order valence-corrected chi connectivity index (χ4v) is 0. The summed E-state index contributed by atoms with van der Waals surface area (Å²) in [6.45, 7) is 0. The van der Waals surface area contributed by atoms with Crippen LogP contribution in [0.25, 0.3) is 0 Å². The van der Waals surface area contributed by atoms with Crippen molar-refractivity contribution < 1.29 is 9.25 Å². The van der Waals surface area contributed by atoms with E-state index in [1.165, 1.54) is 0 Å². The van der Waals surface area contributed by atoms with E-state index in [2.05, 4.69) is 0 Å². The van der Waals surface area contributed by atoms with Gasteiger partial charge >= 0.3 is 69.1 Å². The van der Waals surface area contributed by atoms with Crippen molar-refractivity contribution >= 4 is 65.3 Å². The van der Waals surface area contributed by atoms with Crippen molar-refractivity contribution in [2.75, 3.05) is 0 Å². The normalized spacial score (nSPS) is 1.00. The molecule has 0 aromatic rings. The van der Waals surface area contributed by atoms with Crippen molar-refractivity contribution in [1.82, 2.24) is 0 Å². The van der Waals surface area contributed by atoms with Crippen molar-refractivity contribution in [3.8, 4) is 0 Å². The first-order chi connectivity index (χ1) is 1.00. The second kappa shape index (κ2) is 20.8. The molecule has 4 heavy (non-hydrogen) atoms. The first kappa shape index (κ1) is 16.9. The summed E-state index contributed by atoms with van der Waals surface area (Å²) in [4.78, 5) is 0. The molecule has 0 saturated heterocycles. The van der Waals surface area contributed by atoms with Crippen molar-refractivity contribution in [2.45, 2.75) is 0 Å². The molecular weight excluding hydrogens is 242 g/mol. The van der Waals surface area contributed by atoms with E-state index >= 15 is 0 Å². The zero-order chi connectivity index (χ0) is 2.00. The van der Waals surface area contributed by atoms with E-state index in [1.807, 2.05) is 0 Å². The van der Waals surface area contributed by atoms with Gasteiger partial charge in [0, 0.05) is 0 Å². The molecule has 0 heterocycles. The van der Waals surface area contributed by atoms with Crippen LogP contribution in [0.1, 0.15) is 0 Å². The summed E-state index contributed by atoms with van der Waals surface area (Å²) in [7, 11) is 0. The van der Waals surface area contributed by atoms with E-state index < -0.39 is 0 Å². The molecule has 0 amide bonds. The molecule has 0 atom stereocenters. The third kappa shape index (κ3) is 9.11. The minimum absolute atomic E-state index is 0. The minimum atomic E-state index is 0. The topological polar surface area (TPSA) is 47.1 Å². The van der Waals surface area contributed by atoms with E-state index in [4.69, 9.17) is 3.78 Å². The van der Waals surface area contributed by atoms with Crippen molar-refractivity contribution in [1.29, 1.82) is 0 Å². The van der Waals surface area contributed by atoms with Gasteiger partial charge in [-0.1, -0.05) is 0 Å². The molecule has 22 valence electrons. The van der Waals surface area contributed by atoms with Gasteiger partial charge in [-0.2, -0.15) is 0 Å². The molecule has 0 aromatic carbocycles. The van der Waals surface area contributed by atoms with Gasteiger partial charge in [0.2, 0.25) is 0 Å². The molecule has 1 N–H and O–H groups in total. The van der Waals surface area contributed by atoms with Crippen LogP contribution in [0.2, 0.25) is 0 Å². The Morgan fingerprint density at radius 1 is 1.25 bits per heavy atom. The molecule has 0 aromatic heterocycles. The molecule has 0 fully saturated rings. The van der Waals surface area contributed by atoms with Crippen LogP contribution in [0.15, 0.2) is 0 Å². The second-order valence-corrected chi connectivity index (χ2v) is 0. The summed E-state index contributed by atoms with van der Waals surface area (Å²) in [5.74, 6) is 0. The summed E-state index contributed by atoms with van der Waals surface area (Å²) in [5.41, 5.74) is 0. The van der Waals surface area contributed by atoms with Gasteiger partial charge in [-0.05, 0) is 0 Å². The Balaban J connectivity index is -0.00000000500. The van der Waals surface area contributed by atoms with Crippen LogP contribution in [0.4, 0.5) is 0 Å². The van der Waals surface area contributed by atoms with E-state index in [0.717, 1.165) is 0 Å². The summed E-state index contributed by atoms with van der Waals surface area (Å²) >= 11 is 0.125. The molecule has 4 heteroatoms. The van der Waals surface area contributed by atoms with Gasteiger partial charge in [0.15, 0.2) is 0 Å². The maximum absolute atomic E-state index is 8.38. The predicted octanol–water partition coefficient (Wildman–Crippen LogP) is -1.86. The Morgan fingerprint density at radius 3 is 1.25 bits per heavy atom. The molecule has 0 radical (unpaired) electrons. The Labute approximate surface area is 73.2 Å². The van der Waals surface area contributed by atoms with Gasteiger partial charge in [0.25, 0.3) is 0 Å². The molecule has 0 spiro atoms. The first-order valence-electron chi connectivity index (χ1n) is 0.289. The second-order valence-electron chi connectivity index (χ2n) is 0. The summed E-state index contributed by atoms with van der Waals surface area (Å²) in [6, 6.07) is 0. The fourth-order valence-electron chi connectivity index (χ4n) is 0. The van der Waals surface area contributed by atoms with Crippen LogP contribution in [-0.4, -0.2) is 70.8 Å². The molecule has 0 rings (SSSR count). The summed E-state index contributed by atoms with van der Waals surface area (Å²) in [5, 5.41) is 0. The Hall–Kier alpha value is 1.87. The van der Waals surface area contributed by atoms with Crippen LogP contribution in [0.3, 0.4) is 0 Å². The SMILES string of the molecule is [BaH+].[OH-].[O]=[GeH2]. The van der Waals surface area contributed by atoms with Gasteiger partial charge in [-0.25, -0.2) is 0 Å². The van der Waals surface area contributed by atoms with Crippen molar-refractivity contribution in [3.63, 3.8) is 0 Å². The maximum atomic E-state index is 8.38. The van der Waals surface area contributed by atoms with Crippen LogP contribution in [0, 0.1) is 0 Å². The average molecular weight is 246 g/mol. The fraction of sp³-hybridized carbons (Fsp3) is 0. The zero-order valence-electron chi connectivity index (χ0n) is 2.56. The van der Waals surface area contributed by atoms with Gasteiger partial charge in [0.05, 0.1) is 0 Å². The molecule has 2 nitrogen and oxygen atoms in total. The van der Waals surface area contributed by atoms with E-state index in [9.17, 15) is 0 Å². The number of rotatable bonds is 0. The predicted molar refractivity (Wildman–Crippen MR) is 18.3 cm³/mol. The molecule has 0 unspecified atom stereocenters. The van der Waals surface area contributed by atoms with Gasteiger partial charge in [-0.15, -0.1) is 0 Å². The number of hydrogen-bond donors (Lipinski definition) is 0. The zero-order valence-corrected chi connectivity index (χ0v) is 11.8. The van der Waals surface area contributed by atoms with Gasteiger partial charge < -0.3 is 5.48 Å². The molecule has 0 saturated carbocycles. The van der Waals surface area contributed by atoms with Crippen molar-refractivity contribution in [2.24, 2.45) is 0 Å². The van der Waals surface area contributed by atoms with Gasteiger partial charge in [0.1, 0.15) is 0 Å². The van der Waals surface area contributed by atoms with Crippen LogP contribution >= 0.6 is 0 Å². The number of hydrogen-bond acceptors (Lipinski definition) is 2. The molecule has 0 bridgehead atoms. The molecule has 0 aliphatic heterocycles. The summed E-state index contributed by atoms with van der Waals surface area (Å²) < 4.78 is 8.38. The monoisotopic (exact) mass is 248 g/mol. The van der Waals surface area contributed by atoms with E-state index in [1.54, 1.807) is 0 Å². The Kier molecular flexibility index (Phi) is 88.0. The van der Waals surface area contributed by atoms with Crippen LogP contribution < -0.4 is 0 Å².